The first kappa shape index (κ1) is 19.9. The summed E-state index contributed by atoms with van der Waals surface area (Å²) in [6.07, 6.45) is -2.42. The zero-order valence-electron chi connectivity index (χ0n) is 16.3. The van der Waals surface area contributed by atoms with E-state index in [4.69, 9.17) is 14.2 Å². The van der Waals surface area contributed by atoms with Gasteiger partial charge in [-0.15, -0.1) is 0 Å². The minimum Gasteiger partial charge on any atom is -0.478 e. The molecule has 0 spiro atoms. The Kier molecular flexibility index (Phi) is 5.94. The highest BCUT2D eigenvalue weighted by Gasteiger charge is 2.34. The van der Waals surface area contributed by atoms with Gasteiger partial charge >= 0.3 is 5.97 Å². The molecule has 1 N–H and O–H groups in total. The largest absolute Gasteiger partial charge is 0.478 e. The van der Waals surface area contributed by atoms with E-state index in [1.165, 1.54) is 0 Å². The molecule has 4 rings (SSSR count). The molecule has 0 saturated carbocycles. The molecular formula is C22H22N2O6. The Morgan fingerprint density at radius 2 is 1.77 bits per heavy atom. The fourth-order valence-corrected chi connectivity index (χ4v) is 3.40. The van der Waals surface area contributed by atoms with E-state index in [-0.39, 0.29) is 12.3 Å². The molecule has 30 heavy (non-hydrogen) atoms. The van der Waals surface area contributed by atoms with Crippen LogP contribution in [0.4, 0.5) is 5.69 Å². The molecule has 8 heteroatoms. The van der Waals surface area contributed by atoms with Gasteiger partial charge in [-0.3, -0.25) is 14.4 Å². The summed E-state index contributed by atoms with van der Waals surface area (Å²) in [5.74, 6) is -0.942. The summed E-state index contributed by atoms with van der Waals surface area (Å²) in [6, 6.07) is 15.8. The van der Waals surface area contributed by atoms with Gasteiger partial charge in [0, 0.05) is 18.7 Å². The lowest BCUT2D eigenvalue weighted by atomic mass is 10.1. The lowest BCUT2D eigenvalue weighted by molar-refractivity contribution is -0.164. The average molecular weight is 410 g/mol. The van der Waals surface area contributed by atoms with E-state index in [1.54, 1.807) is 53.4 Å². The molecule has 156 valence electrons. The first-order valence-corrected chi connectivity index (χ1v) is 9.79. The van der Waals surface area contributed by atoms with Crippen molar-refractivity contribution < 1.29 is 28.6 Å². The Hall–Kier alpha value is -3.39. The molecule has 0 aromatic heterocycles. The van der Waals surface area contributed by atoms with Crippen molar-refractivity contribution in [2.45, 2.75) is 18.6 Å². The number of para-hydroxylation sites is 2. The zero-order chi connectivity index (χ0) is 20.9. The highest BCUT2D eigenvalue weighted by atomic mass is 16.6. The summed E-state index contributed by atoms with van der Waals surface area (Å²) < 4.78 is 16.5. The van der Waals surface area contributed by atoms with E-state index in [9.17, 15) is 14.4 Å². The predicted molar refractivity (Wildman–Crippen MR) is 107 cm³/mol. The van der Waals surface area contributed by atoms with Crippen LogP contribution in [0.5, 0.6) is 5.75 Å². The zero-order valence-corrected chi connectivity index (χ0v) is 16.3. The number of hydrogen-bond acceptors (Lipinski definition) is 6. The van der Waals surface area contributed by atoms with Crippen LogP contribution >= 0.6 is 0 Å². The van der Waals surface area contributed by atoms with Gasteiger partial charge in [-0.1, -0.05) is 42.5 Å². The number of morpholine rings is 1. The molecule has 2 heterocycles. The number of anilines is 1. The normalized spacial score (nSPS) is 19.1. The molecule has 2 atom stereocenters. The maximum absolute atomic E-state index is 13.0. The summed E-state index contributed by atoms with van der Waals surface area (Å²) >= 11 is 0. The van der Waals surface area contributed by atoms with Crippen molar-refractivity contribution in [1.29, 1.82) is 0 Å². The lowest BCUT2D eigenvalue weighted by Gasteiger charge is -2.30. The van der Waals surface area contributed by atoms with Gasteiger partial charge in [0.15, 0.2) is 6.10 Å². The van der Waals surface area contributed by atoms with Crippen molar-refractivity contribution in [3.63, 3.8) is 0 Å². The van der Waals surface area contributed by atoms with Crippen LogP contribution in [0.15, 0.2) is 54.6 Å². The number of rotatable bonds is 5. The van der Waals surface area contributed by atoms with Crippen LogP contribution in [0, 0.1) is 0 Å². The van der Waals surface area contributed by atoms with Gasteiger partial charge in [-0.2, -0.15) is 0 Å². The standard InChI is InChI=1S/C22H22N2O6/c25-19(14-18-21(26)23-16-8-4-5-9-17(16)29-18)30-20(15-6-2-1-3-7-15)22(27)24-10-12-28-13-11-24/h1-9,18,20H,10-14H2,(H,23,26)/t18-,20-/m1/s1. The number of esters is 1. The van der Waals surface area contributed by atoms with Crippen molar-refractivity contribution in [2.24, 2.45) is 0 Å². The second-order valence-corrected chi connectivity index (χ2v) is 7.01. The van der Waals surface area contributed by atoms with Crippen molar-refractivity contribution in [3.8, 4) is 5.75 Å². The van der Waals surface area contributed by atoms with Crippen LogP contribution < -0.4 is 10.1 Å². The van der Waals surface area contributed by atoms with E-state index in [0.717, 1.165) is 0 Å². The lowest BCUT2D eigenvalue weighted by Crippen LogP contribution is -2.44. The number of benzene rings is 2. The summed E-state index contributed by atoms with van der Waals surface area (Å²) in [4.78, 5) is 39.6. The number of carbonyl (C=O) groups is 3. The van der Waals surface area contributed by atoms with Gasteiger partial charge in [0.05, 0.1) is 25.3 Å². The van der Waals surface area contributed by atoms with Gasteiger partial charge in [0.25, 0.3) is 11.8 Å². The summed E-state index contributed by atoms with van der Waals surface area (Å²) in [6.45, 7) is 1.75. The van der Waals surface area contributed by atoms with E-state index in [0.29, 0.717) is 43.3 Å². The third kappa shape index (κ3) is 4.44. The molecule has 0 aliphatic carbocycles. The van der Waals surface area contributed by atoms with Crippen LogP contribution in [0.2, 0.25) is 0 Å². The molecule has 0 bridgehead atoms. The highest BCUT2D eigenvalue weighted by Crippen LogP contribution is 2.30. The second-order valence-electron chi connectivity index (χ2n) is 7.01. The molecule has 2 aliphatic heterocycles. The molecule has 8 nitrogen and oxygen atoms in total. The smallest absolute Gasteiger partial charge is 0.311 e. The summed E-state index contributed by atoms with van der Waals surface area (Å²) in [7, 11) is 0. The highest BCUT2D eigenvalue weighted by molar-refractivity contribution is 5.99. The molecule has 1 fully saturated rings. The number of fused-ring (bicyclic) bond motifs is 1. The SMILES string of the molecule is O=C(C[C@H]1Oc2ccccc2NC1=O)O[C@@H](C(=O)N1CCOCC1)c1ccccc1. The minimum atomic E-state index is -1.09. The van der Waals surface area contributed by atoms with Crippen LogP contribution in [-0.2, 0) is 23.9 Å². The van der Waals surface area contributed by atoms with Crippen LogP contribution in [0.3, 0.4) is 0 Å². The van der Waals surface area contributed by atoms with Gasteiger partial charge < -0.3 is 24.4 Å². The first-order valence-electron chi connectivity index (χ1n) is 9.79. The number of nitrogens with one attached hydrogen (secondary N) is 1. The molecular weight excluding hydrogens is 388 g/mol. The fourth-order valence-electron chi connectivity index (χ4n) is 3.40. The molecule has 2 amide bonds. The molecule has 0 radical (unpaired) electrons. The quantitative estimate of drug-likeness (QED) is 0.757. The van der Waals surface area contributed by atoms with E-state index >= 15 is 0 Å². The van der Waals surface area contributed by atoms with Crippen LogP contribution in [-0.4, -0.2) is 55.1 Å². The predicted octanol–water partition coefficient (Wildman–Crippen LogP) is 1.92. The third-order valence-electron chi connectivity index (χ3n) is 4.96. The Labute approximate surface area is 173 Å². The van der Waals surface area contributed by atoms with Crippen molar-refractivity contribution >= 4 is 23.5 Å². The third-order valence-corrected chi connectivity index (χ3v) is 4.96. The van der Waals surface area contributed by atoms with Crippen LogP contribution in [0.1, 0.15) is 18.1 Å². The van der Waals surface area contributed by atoms with Crippen molar-refractivity contribution in [2.75, 3.05) is 31.6 Å². The monoisotopic (exact) mass is 410 g/mol. The topological polar surface area (TPSA) is 94.2 Å². The molecule has 2 aliphatic rings. The van der Waals surface area contributed by atoms with Gasteiger partial charge in [0.1, 0.15) is 5.75 Å². The van der Waals surface area contributed by atoms with Crippen LogP contribution in [0.25, 0.3) is 0 Å². The second kappa shape index (κ2) is 8.96. The first-order chi connectivity index (χ1) is 14.6. The van der Waals surface area contributed by atoms with E-state index in [2.05, 4.69) is 5.32 Å². The number of carbonyl (C=O) groups excluding carboxylic acids is 3. The summed E-state index contributed by atoms with van der Waals surface area (Å²) in [5, 5.41) is 2.71. The van der Waals surface area contributed by atoms with E-state index < -0.39 is 24.1 Å². The summed E-state index contributed by atoms with van der Waals surface area (Å²) in [5.41, 5.74) is 1.12. The average Bonchev–Trinajstić information content (AvgIpc) is 2.79. The maximum Gasteiger partial charge on any atom is 0.311 e. The molecule has 2 aromatic carbocycles. The van der Waals surface area contributed by atoms with Crippen molar-refractivity contribution in [1.82, 2.24) is 4.90 Å². The molecule has 2 aromatic rings. The van der Waals surface area contributed by atoms with Gasteiger partial charge in [-0.25, -0.2) is 0 Å². The maximum atomic E-state index is 13.0. The van der Waals surface area contributed by atoms with Gasteiger partial charge in [-0.05, 0) is 12.1 Å². The number of ether oxygens (including phenoxy) is 3. The van der Waals surface area contributed by atoms with E-state index in [1.807, 2.05) is 6.07 Å². The fraction of sp³-hybridized carbons (Fsp3) is 0.318. The molecule has 0 unspecified atom stereocenters. The number of nitrogens with zero attached hydrogens (tertiary/aromatic N) is 1. The van der Waals surface area contributed by atoms with Gasteiger partial charge in [0.2, 0.25) is 6.10 Å². The Balaban J connectivity index is 1.46. The number of hydrogen-bond donors (Lipinski definition) is 1. The number of amides is 2. The Bertz CT molecular complexity index is 926. The Morgan fingerprint density at radius 3 is 2.53 bits per heavy atom. The minimum absolute atomic E-state index is 0.306. The molecule has 1 saturated heterocycles. The Morgan fingerprint density at radius 1 is 1.07 bits per heavy atom. The van der Waals surface area contributed by atoms with Crippen molar-refractivity contribution in [3.05, 3.63) is 60.2 Å².